The van der Waals surface area contributed by atoms with E-state index in [0.29, 0.717) is 6.54 Å². The summed E-state index contributed by atoms with van der Waals surface area (Å²) >= 11 is 1.81. The number of hydrogen-bond acceptors (Lipinski definition) is 3. The van der Waals surface area contributed by atoms with Gasteiger partial charge in [0.05, 0.1) is 6.42 Å². The minimum Gasteiger partial charge on any atom is -0.481 e. The summed E-state index contributed by atoms with van der Waals surface area (Å²) < 4.78 is 0. The molecule has 100 valence electrons. The fourth-order valence-corrected chi connectivity index (χ4v) is 2.31. The summed E-state index contributed by atoms with van der Waals surface area (Å²) in [5, 5.41) is 12.1. The van der Waals surface area contributed by atoms with E-state index in [1.807, 2.05) is 37.7 Å². The number of aliphatic carboxylic acids is 1. The van der Waals surface area contributed by atoms with Gasteiger partial charge >= 0.3 is 5.97 Å². The molecule has 0 saturated heterocycles. The molecule has 0 aliphatic heterocycles. The van der Waals surface area contributed by atoms with Crippen LogP contribution in [-0.2, 0) is 4.79 Å². The van der Waals surface area contributed by atoms with Gasteiger partial charge in [-0.15, -0.1) is 11.8 Å². The Morgan fingerprint density at radius 3 is 2.44 bits per heavy atom. The van der Waals surface area contributed by atoms with Gasteiger partial charge in [-0.3, -0.25) is 4.79 Å². The number of carboxylic acid groups (broad SMARTS) is 1. The van der Waals surface area contributed by atoms with Gasteiger partial charge in [0.15, 0.2) is 0 Å². The first-order valence-corrected chi connectivity index (χ1v) is 7.10. The quantitative estimate of drug-likeness (QED) is 0.739. The lowest BCUT2D eigenvalue weighted by molar-refractivity contribution is -0.139. The summed E-state index contributed by atoms with van der Waals surface area (Å²) in [5.74, 6) is 0.315. The molecule has 3 nitrogen and oxygen atoms in total. The molecular formula is C14H21NO2S. The van der Waals surface area contributed by atoms with Crippen LogP contribution in [0.4, 0.5) is 5.69 Å². The second kappa shape index (κ2) is 6.69. The Bertz CT molecular complexity index is 387. The molecule has 0 heterocycles. The molecule has 0 amide bonds. The standard InChI is InChI=1S/C14H21NO2S/c1-4-18-12-7-5-11(6-8-12)15-10-14(2,3)9-13(16)17/h5-8,15H,4,9-10H2,1-3H3,(H,16,17). The number of anilines is 1. The maximum Gasteiger partial charge on any atom is 0.303 e. The summed E-state index contributed by atoms with van der Waals surface area (Å²) in [5.41, 5.74) is 0.789. The van der Waals surface area contributed by atoms with Crippen LogP contribution in [0.25, 0.3) is 0 Å². The molecule has 0 bridgehead atoms. The van der Waals surface area contributed by atoms with Gasteiger partial charge in [0.25, 0.3) is 0 Å². The molecule has 1 rings (SSSR count). The van der Waals surface area contributed by atoms with Crippen molar-refractivity contribution >= 4 is 23.4 Å². The van der Waals surface area contributed by atoms with Gasteiger partial charge in [-0.25, -0.2) is 0 Å². The minimum atomic E-state index is -0.753. The van der Waals surface area contributed by atoms with E-state index < -0.39 is 5.97 Å². The van der Waals surface area contributed by atoms with Gasteiger partial charge in [0.2, 0.25) is 0 Å². The van der Waals surface area contributed by atoms with Crippen molar-refractivity contribution in [2.45, 2.75) is 32.1 Å². The van der Waals surface area contributed by atoms with E-state index in [9.17, 15) is 4.79 Å². The summed E-state index contributed by atoms with van der Waals surface area (Å²) in [6.07, 6.45) is 0.170. The van der Waals surface area contributed by atoms with Gasteiger partial charge in [-0.05, 0) is 35.4 Å². The third-order valence-corrected chi connectivity index (χ3v) is 3.46. The molecule has 0 aliphatic rings. The highest BCUT2D eigenvalue weighted by Gasteiger charge is 2.21. The van der Waals surface area contributed by atoms with E-state index in [-0.39, 0.29) is 11.8 Å². The maximum absolute atomic E-state index is 10.7. The second-order valence-corrected chi connectivity index (χ2v) is 6.38. The molecule has 0 spiro atoms. The van der Waals surface area contributed by atoms with E-state index >= 15 is 0 Å². The smallest absolute Gasteiger partial charge is 0.303 e. The first kappa shape index (κ1) is 14.9. The van der Waals surface area contributed by atoms with Crippen LogP contribution >= 0.6 is 11.8 Å². The summed E-state index contributed by atoms with van der Waals surface area (Å²) in [6, 6.07) is 8.24. The van der Waals surface area contributed by atoms with Crippen molar-refractivity contribution in [1.82, 2.24) is 0 Å². The molecule has 0 saturated carbocycles. The van der Waals surface area contributed by atoms with Crippen LogP contribution in [0.5, 0.6) is 0 Å². The molecule has 1 aromatic rings. The van der Waals surface area contributed by atoms with Crippen molar-refractivity contribution in [2.24, 2.45) is 5.41 Å². The Labute approximate surface area is 113 Å². The third-order valence-electron chi connectivity index (χ3n) is 2.57. The largest absolute Gasteiger partial charge is 0.481 e. The highest BCUT2D eigenvalue weighted by molar-refractivity contribution is 7.99. The number of rotatable bonds is 7. The van der Waals surface area contributed by atoms with Gasteiger partial charge in [-0.1, -0.05) is 20.8 Å². The molecule has 4 heteroatoms. The van der Waals surface area contributed by atoms with Crippen molar-refractivity contribution in [3.8, 4) is 0 Å². The van der Waals surface area contributed by atoms with Crippen molar-refractivity contribution in [2.75, 3.05) is 17.6 Å². The maximum atomic E-state index is 10.7. The molecule has 0 aromatic heterocycles. The molecule has 18 heavy (non-hydrogen) atoms. The Morgan fingerprint density at radius 2 is 1.94 bits per heavy atom. The number of thioether (sulfide) groups is 1. The topological polar surface area (TPSA) is 49.3 Å². The molecular weight excluding hydrogens is 246 g/mol. The van der Waals surface area contributed by atoms with Crippen LogP contribution in [0.15, 0.2) is 29.2 Å². The zero-order valence-electron chi connectivity index (χ0n) is 11.2. The molecule has 2 N–H and O–H groups in total. The summed E-state index contributed by atoms with van der Waals surface area (Å²) in [6.45, 7) is 6.69. The van der Waals surface area contributed by atoms with Crippen molar-refractivity contribution in [1.29, 1.82) is 0 Å². The van der Waals surface area contributed by atoms with Gasteiger partial charge in [0.1, 0.15) is 0 Å². The van der Waals surface area contributed by atoms with Crippen LogP contribution in [0.2, 0.25) is 0 Å². The van der Waals surface area contributed by atoms with Crippen LogP contribution < -0.4 is 5.32 Å². The van der Waals surface area contributed by atoms with E-state index in [1.54, 1.807) is 0 Å². The Hall–Kier alpha value is -1.16. The average molecular weight is 267 g/mol. The minimum absolute atomic E-state index is 0.170. The first-order valence-electron chi connectivity index (χ1n) is 6.11. The van der Waals surface area contributed by atoms with Crippen LogP contribution in [-0.4, -0.2) is 23.4 Å². The summed E-state index contributed by atoms with van der Waals surface area (Å²) in [4.78, 5) is 12.0. The number of carboxylic acids is 1. The molecule has 0 radical (unpaired) electrons. The molecule has 0 fully saturated rings. The molecule has 0 aliphatic carbocycles. The van der Waals surface area contributed by atoms with Gasteiger partial charge in [-0.2, -0.15) is 0 Å². The molecule has 0 unspecified atom stereocenters. The van der Waals surface area contributed by atoms with E-state index in [0.717, 1.165) is 11.4 Å². The zero-order valence-corrected chi connectivity index (χ0v) is 12.0. The first-order chi connectivity index (χ1) is 8.43. The number of hydrogen-bond donors (Lipinski definition) is 2. The number of benzene rings is 1. The third kappa shape index (κ3) is 5.45. The average Bonchev–Trinajstić information content (AvgIpc) is 2.27. The Balaban J connectivity index is 2.50. The highest BCUT2D eigenvalue weighted by atomic mass is 32.2. The van der Waals surface area contributed by atoms with Crippen LogP contribution in [0.3, 0.4) is 0 Å². The van der Waals surface area contributed by atoms with Gasteiger partial charge < -0.3 is 10.4 Å². The second-order valence-electron chi connectivity index (χ2n) is 5.05. The fraction of sp³-hybridized carbons (Fsp3) is 0.500. The van der Waals surface area contributed by atoms with E-state index in [4.69, 9.17) is 5.11 Å². The van der Waals surface area contributed by atoms with E-state index in [1.165, 1.54) is 4.90 Å². The lowest BCUT2D eigenvalue weighted by Crippen LogP contribution is -2.26. The fourth-order valence-electron chi connectivity index (χ4n) is 1.65. The normalized spacial score (nSPS) is 11.3. The Kier molecular flexibility index (Phi) is 5.54. The lowest BCUT2D eigenvalue weighted by Gasteiger charge is -2.23. The van der Waals surface area contributed by atoms with Crippen LogP contribution in [0.1, 0.15) is 27.2 Å². The number of nitrogens with one attached hydrogen (secondary N) is 1. The van der Waals surface area contributed by atoms with Crippen molar-refractivity contribution < 1.29 is 9.90 Å². The summed E-state index contributed by atoms with van der Waals surface area (Å²) in [7, 11) is 0. The molecule has 0 atom stereocenters. The predicted octanol–water partition coefficient (Wildman–Crippen LogP) is 3.71. The lowest BCUT2D eigenvalue weighted by atomic mass is 9.89. The molecule has 1 aromatic carbocycles. The number of carbonyl (C=O) groups is 1. The Morgan fingerprint density at radius 1 is 1.33 bits per heavy atom. The zero-order chi connectivity index (χ0) is 13.6. The van der Waals surface area contributed by atoms with E-state index in [2.05, 4.69) is 24.4 Å². The van der Waals surface area contributed by atoms with Crippen molar-refractivity contribution in [3.63, 3.8) is 0 Å². The van der Waals surface area contributed by atoms with Crippen LogP contribution in [0, 0.1) is 5.41 Å². The highest BCUT2D eigenvalue weighted by Crippen LogP contribution is 2.23. The predicted molar refractivity (Wildman–Crippen MR) is 77.4 cm³/mol. The SMILES string of the molecule is CCSc1ccc(NCC(C)(C)CC(=O)O)cc1. The monoisotopic (exact) mass is 267 g/mol. The van der Waals surface area contributed by atoms with Crippen molar-refractivity contribution in [3.05, 3.63) is 24.3 Å². The van der Waals surface area contributed by atoms with Gasteiger partial charge in [0, 0.05) is 17.1 Å².